The first-order valence-corrected chi connectivity index (χ1v) is 8.15. The Morgan fingerprint density at radius 2 is 1.87 bits per heavy atom. The minimum atomic E-state index is -0.984. The highest BCUT2D eigenvalue weighted by Gasteiger charge is 2.31. The summed E-state index contributed by atoms with van der Waals surface area (Å²) in [5.74, 6) is 0.578. The highest BCUT2D eigenvalue weighted by Crippen LogP contribution is 2.54. The molecule has 0 spiro atoms. The fourth-order valence-corrected chi connectivity index (χ4v) is 2.53. The molecule has 92 valence electrons. The van der Waals surface area contributed by atoms with Gasteiger partial charge < -0.3 is 9.29 Å². The summed E-state index contributed by atoms with van der Waals surface area (Å²) in [7, 11) is -0.984. The van der Waals surface area contributed by atoms with Crippen molar-refractivity contribution in [2.75, 3.05) is 19.1 Å². The van der Waals surface area contributed by atoms with Gasteiger partial charge in [-0.25, -0.2) is 0 Å². The Morgan fingerprint density at radius 3 is 2.27 bits per heavy atom. The topological polar surface area (TPSA) is 29.5 Å². The molecule has 0 bridgehead atoms. The maximum Gasteiger partial charge on any atom is 0.0621 e. The van der Waals surface area contributed by atoms with E-state index in [0.29, 0.717) is 5.92 Å². The van der Waals surface area contributed by atoms with Crippen molar-refractivity contribution in [1.82, 2.24) is 0 Å². The third-order valence-electron chi connectivity index (χ3n) is 3.59. The van der Waals surface area contributed by atoms with Crippen LogP contribution >= 0.6 is 10.3 Å². The molecule has 0 aromatic heterocycles. The molecule has 1 aliphatic rings. The summed E-state index contributed by atoms with van der Waals surface area (Å²) in [5, 5.41) is 9.44. The molecule has 2 nitrogen and oxygen atoms in total. The fourth-order valence-electron chi connectivity index (χ4n) is 1.64. The van der Waals surface area contributed by atoms with Gasteiger partial charge in [0.05, 0.1) is 12.7 Å². The van der Waals surface area contributed by atoms with Crippen LogP contribution in [0.15, 0.2) is 0 Å². The van der Waals surface area contributed by atoms with Crippen LogP contribution in [0.5, 0.6) is 0 Å². The molecule has 0 aliphatic heterocycles. The summed E-state index contributed by atoms with van der Waals surface area (Å²) in [6.45, 7) is 7.56. The van der Waals surface area contributed by atoms with Gasteiger partial charge in [-0.05, 0) is 37.7 Å². The zero-order valence-corrected chi connectivity index (χ0v) is 11.6. The molecule has 1 N–H and O–H groups in total. The first kappa shape index (κ1) is 13.3. The average molecular weight is 234 g/mol. The van der Waals surface area contributed by atoms with Crippen molar-refractivity contribution >= 4 is 10.3 Å². The predicted molar refractivity (Wildman–Crippen MR) is 68.5 cm³/mol. The molecule has 15 heavy (non-hydrogen) atoms. The lowest BCUT2D eigenvalue weighted by Gasteiger charge is -2.44. The fraction of sp³-hybridized carbons (Fsp3) is 1.00. The molecule has 0 radical (unpaired) electrons. The van der Waals surface area contributed by atoms with Crippen LogP contribution in [0.3, 0.4) is 0 Å². The van der Waals surface area contributed by atoms with E-state index in [-0.39, 0.29) is 10.9 Å². The highest BCUT2D eigenvalue weighted by atomic mass is 32.3. The minimum Gasteiger partial charge on any atom is -0.393 e. The van der Waals surface area contributed by atoms with E-state index in [1.54, 1.807) is 0 Å². The van der Waals surface area contributed by atoms with Crippen molar-refractivity contribution in [2.45, 2.75) is 50.9 Å². The van der Waals surface area contributed by atoms with Crippen LogP contribution < -0.4 is 0 Å². The van der Waals surface area contributed by atoms with E-state index in [2.05, 4.69) is 33.3 Å². The summed E-state index contributed by atoms with van der Waals surface area (Å²) < 4.78 is 6.34. The number of aliphatic hydroxyl groups excluding tert-OH is 1. The van der Waals surface area contributed by atoms with Gasteiger partial charge in [-0.1, -0.05) is 20.8 Å². The van der Waals surface area contributed by atoms with Gasteiger partial charge in [-0.2, -0.15) is 0 Å². The summed E-state index contributed by atoms with van der Waals surface area (Å²) >= 11 is 0. The highest BCUT2D eigenvalue weighted by molar-refractivity contribution is 8.29. The Morgan fingerprint density at radius 1 is 1.27 bits per heavy atom. The Labute approximate surface area is 95.9 Å². The van der Waals surface area contributed by atoms with Crippen molar-refractivity contribution in [2.24, 2.45) is 5.92 Å². The van der Waals surface area contributed by atoms with E-state index >= 15 is 0 Å². The molecule has 0 heterocycles. The number of hydrogen-bond donors (Lipinski definition) is 1. The predicted octanol–water partition coefficient (Wildman–Crippen LogP) is 2.94. The van der Waals surface area contributed by atoms with Crippen molar-refractivity contribution < 1.29 is 9.29 Å². The van der Waals surface area contributed by atoms with Crippen LogP contribution in [-0.2, 0) is 4.18 Å². The quantitative estimate of drug-likeness (QED) is 0.813. The van der Waals surface area contributed by atoms with Gasteiger partial charge in [-0.3, -0.25) is 0 Å². The lowest BCUT2D eigenvalue weighted by molar-refractivity contribution is 0.170. The molecule has 1 aliphatic carbocycles. The normalized spacial score (nSPS) is 29.5. The largest absolute Gasteiger partial charge is 0.393 e. The van der Waals surface area contributed by atoms with E-state index in [1.165, 1.54) is 0 Å². The molecule has 0 saturated heterocycles. The lowest BCUT2D eigenvalue weighted by Crippen LogP contribution is -2.26. The smallest absolute Gasteiger partial charge is 0.0621 e. The van der Waals surface area contributed by atoms with Crippen LogP contribution in [0.4, 0.5) is 0 Å². The van der Waals surface area contributed by atoms with E-state index in [1.807, 2.05) is 0 Å². The van der Waals surface area contributed by atoms with Crippen molar-refractivity contribution in [3.63, 3.8) is 0 Å². The maximum atomic E-state index is 9.44. The van der Waals surface area contributed by atoms with Gasteiger partial charge in [0.25, 0.3) is 0 Å². The molecular weight excluding hydrogens is 208 g/mol. The van der Waals surface area contributed by atoms with Gasteiger partial charge in [-0.15, -0.1) is 10.3 Å². The van der Waals surface area contributed by atoms with Gasteiger partial charge in [0.15, 0.2) is 0 Å². The molecule has 2 atom stereocenters. The van der Waals surface area contributed by atoms with Crippen molar-refractivity contribution in [1.29, 1.82) is 0 Å². The molecule has 0 aromatic carbocycles. The van der Waals surface area contributed by atoms with Gasteiger partial charge in [0.1, 0.15) is 0 Å². The van der Waals surface area contributed by atoms with Crippen LogP contribution in [0.2, 0.25) is 0 Å². The molecule has 1 rings (SSSR count). The van der Waals surface area contributed by atoms with Gasteiger partial charge in [0.2, 0.25) is 0 Å². The zero-order chi connectivity index (χ0) is 11.7. The number of rotatable bonds is 3. The van der Waals surface area contributed by atoms with Crippen LogP contribution in [0.25, 0.3) is 0 Å². The second kappa shape index (κ2) is 4.64. The second-order valence-electron chi connectivity index (χ2n) is 5.96. The minimum absolute atomic E-state index is 0.0775. The molecule has 0 amide bonds. The van der Waals surface area contributed by atoms with E-state index in [9.17, 15) is 5.11 Å². The summed E-state index contributed by atoms with van der Waals surface area (Å²) in [4.78, 5) is 0. The Bertz CT molecular complexity index is 208. The average Bonchev–Trinajstić information content (AvgIpc) is 2.46. The Balaban J connectivity index is 2.36. The monoisotopic (exact) mass is 234 g/mol. The van der Waals surface area contributed by atoms with E-state index in [0.717, 1.165) is 25.9 Å². The lowest BCUT2D eigenvalue weighted by atomic mass is 10.1. The number of hydrogen-bond acceptors (Lipinski definition) is 2. The Hall–Kier alpha value is 0.270. The molecule has 1 saturated carbocycles. The van der Waals surface area contributed by atoms with Crippen molar-refractivity contribution in [3.8, 4) is 0 Å². The zero-order valence-electron chi connectivity index (χ0n) is 10.7. The second-order valence-corrected chi connectivity index (χ2v) is 9.89. The van der Waals surface area contributed by atoms with Crippen LogP contribution in [0, 0.1) is 5.92 Å². The van der Waals surface area contributed by atoms with E-state index < -0.39 is 10.3 Å². The maximum absolute atomic E-state index is 9.44. The van der Waals surface area contributed by atoms with Crippen molar-refractivity contribution in [3.05, 3.63) is 0 Å². The summed E-state index contributed by atoms with van der Waals surface area (Å²) in [6.07, 6.45) is 7.41. The summed E-state index contributed by atoms with van der Waals surface area (Å²) in [6, 6.07) is 0. The van der Waals surface area contributed by atoms with E-state index in [4.69, 9.17) is 4.18 Å². The molecular formula is C12H26O2S. The summed E-state index contributed by atoms with van der Waals surface area (Å²) in [5.41, 5.74) is 0. The Kier molecular flexibility index (Phi) is 4.13. The number of aliphatic hydroxyl groups is 1. The first-order valence-electron chi connectivity index (χ1n) is 5.78. The van der Waals surface area contributed by atoms with Crippen LogP contribution in [0.1, 0.15) is 40.0 Å². The van der Waals surface area contributed by atoms with Crippen LogP contribution in [-0.4, -0.2) is 35.1 Å². The third-order valence-corrected chi connectivity index (χ3v) is 7.26. The van der Waals surface area contributed by atoms with Gasteiger partial charge >= 0.3 is 0 Å². The first-order chi connectivity index (χ1) is 6.72. The molecule has 3 heteroatoms. The standard InChI is InChI=1S/C12H26O2S/c1-12(2,3)15(4,5)14-9-10-6-7-11(13)8-10/h10-11,13H,6-9H2,1-5H3. The molecule has 0 aromatic rings. The molecule has 1 fully saturated rings. The van der Waals surface area contributed by atoms with Gasteiger partial charge in [0, 0.05) is 4.75 Å². The molecule has 2 unspecified atom stereocenters. The third kappa shape index (κ3) is 3.65. The SMILES string of the molecule is CC(C)(C)S(C)(C)OCC1CCC(O)C1.